The zero-order valence-electron chi connectivity index (χ0n) is 60.2. The number of carboxylic acids is 4. The number of aliphatic hydroxyl groups is 2. The number of primary amides is 1. The van der Waals surface area contributed by atoms with Crippen LogP contribution in [0.15, 0.2) is 0 Å². The molecule has 0 aromatic rings. The lowest BCUT2D eigenvalue weighted by Gasteiger charge is -2.27. The van der Waals surface area contributed by atoms with Crippen molar-refractivity contribution < 1.29 is 122 Å². The summed E-state index contributed by atoms with van der Waals surface area (Å²) < 4.78 is 0. The number of aliphatic hydroxyl groups excluding tert-OH is 2. The molecule has 0 unspecified atom stereocenters. The summed E-state index contributed by atoms with van der Waals surface area (Å²) in [6, 6.07) is -22.0. The van der Waals surface area contributed by atoms with Gasteiger partial charge in [-0.2, -0.15) is 11.8 Å². The van der Waals surface area contributed by atoms with E-state index in [1.807, 2.05) is 5.32 Å². The van der Waals surface area contributed by atoms with Gasteiger partial charge in [-0.05, 0) is 129 Å². The van der Waals surface area contributed by atoms with Gasteiger partial charge in [-0.3, -0.25) is 86.3 Å². The molecule has 28 N–H and O–H groups in total. The van der Waals surface area contributed by atoms with Crippen LogP contribution in [0.2, 0.25) is 0 Å². The molecule has 0 saturated carbocycles. The van der Waals surface area contributed by atoms with Crippen LogP contribution in [0, 0.1) is 5.92 Å². The summed E-state index contributed by atoms with van der Waals surface area (Å²) in [4.78, 5) is 246. The Bertz CT molecular complexity index is 3040. The van der Waals surface area contributed by atoms with E-state index in [0.29, 0.717) is 18.6 Å². The molecule has 0 bridgehead atoms. The van der Waals surface area contributed by atoms with Crippen molar-refractivity contribution in [2.75, 3.05) is 44.9 Å². The van der Waals surface area contributed by atoms with E-state index < -0.39 is 268 Å². The SMILES string of the molecule is CSCC[C@H](NC(=O)[C@@H](N)CO)C(=O)N[C@@H](CCC(N)=O)C(=O)N[C@@H](C)C(=O)N[C@@H](CO)C(=O)N[C@@H](CC(C)C)C(=O)N[C@@H](CCC(=O)O)C(=O)N[C@@H](C)C(=O)N[C@@H](CCC(=O)O)C(=O)N[C@@H](C)C(=O)N[C@@H](CCCCN)C(=O)NCC(=O)N[C@@H](CCCCN)C(=O)N[C@@H](C)C(=O)N[C@@H](CC(=O)O)C(=O)O. The molecule has 600 valence electrons. The quantitative estimate of drug-likeness (QED) is 0.0252. The van der Waals surface area contributed by atoms with Crippen LogP contribution in [0.1, 0.15) is 138 Å². The highest BCUT2D eigenvalue weighted by Crippen LogP contribution is 2.12. The number of carboxylic acid groups (broad SMARTS) is 4. The summed E-state index contributed by atoms with van der Waals surface area (Å²) in [6.45, 7) is 5.49. The van der Waals surface area contributed by atoms with Crippen LogP contribution in [0.3, 0.4) is 0 Å². The zero-order valence-corrected chi connectivity index (χ0v) is 61.0. The van der Waals surface area contributed by atoms with E-state index in [2.05, 4.69) is 69.1 Å². The first-order valence-electron chi connectivity index (χ1n) is 33.9. The van der Waals surface area contributed by atoms with Gasteiger partial charge in [0.1, 0.15) is 84.6 Å². The van der Waals surface area contributed by atoms with E-state index in [0.717, 1.165) is 20.8 Å². The molecule has 0 aromatic carbocycles. The Morgan fingerprint density at radius 3 is 1.05 bits per heavy atom. The van der Waals surface area contributed by atoms with Gasteiger partial charge in [0.15, 0.2) is 0 Å². The first-order valence-corrected chi connectivity index (χ1v) is 35.3. The zero-order chi connectivity index (χ0) is 81.1. The van der Waals surface area contributed by atoms with E-state index >= 15 is 0 Å². The number of nitrogens with one attached hydrogen (secondary N) is 14. The number of carbonyl (C=O) groups excluding carboxylic acids is 15. The maximum atomic E-state index is 14.0. The fourth-order valence-electron chi connectivity index (χ4n) is 9.35. The topological polar surface area (TPSA) is 718 Å². The maximum absolute atomic E-state index is 14.0. The largest absolute Gasteiger partial charge is 0.481 e. The van der Waals surface area contributed by atoms with Gasteiger partial charge in [-0.1, -0.05) is 13.8 Å². The molecule has 0 radical (unpaired) electrons. The summed E-state index contributed by atoms with van der Waals surface area (Å²) in [5.41, 5.74) is 22.1. The van der Waals surface area contributed by atoms with Gasteiger partial charge in [0.2, 0.25) is 88.6 Å². The second-order valence-electron chi connectivity index (χ2n) is 25.0. The van der Waals surface area contributed by atoms with Crippen molar-refractivity contribution in [2.45, 2.75) is 222 Å². The van der Waals surface area contributed by atoms with Crippen molar-refractivity contribution in [3.63, 3.8) is 0 Å². The average molecular weight is 1540 g/mol. The van der Waals surface area contributed by atoms with Crippen molar-refractivity contribution in [2.24, 2.45) is 28.9 Å². The summed E-state index contributed by atoms with van der Waals surface area (Å²) in [5.74, 6) is -21.6. The third kappa shape index (κ3) is 39.3. The Labute approximate surface area is 614 Å². The highest BCUT2D eigenvalue weighted by atomic mass is 32.2. The molecule has 43 nitrogen and oxygen atoms in total. The van der Waals surface area contributed by atoms with Crippen molar-refractivity contribution in [3.8, 4) is 0 Å². The van der Waals surface area contributed by atoms with Gasteiger partial charge in [-0.15, -0.1) is 0 Å². The molecule has 44 heteroatoms. The predicted molar refractivity (Wildman–Crippen MR) is 373 cm³/mol. The van der Waals surface area contributed by atoms with Crippen LogP contribution in [-0.2, 0) is 91.1 Å². The van der Waals surface area contributed by atoms with E-state index in [1.54, 1.807) is 20.1 Å². The van der Waals surface area contributed by atoms with Crippen molar-refractivity contribution in [1.29, 1.82) is 0 Å². The van der Waals surface area contributed by atoms with Crippen molar-refractivity contribution in [1.82, 2.24) is 74.4 Å². The van der Waals surface area contributed by atoms with Crippen LogP contribution in [0.4, 0.5) is 0 Å². The van der Waals surface area contributed by atoms with Gasteiger partial charge >= 0.3 is 23.9 Å². The lowest BCUT2D eigenvalue weighted by Crippen LogP contribution is -2.60. The van der Waals surface area contributed by atoms with Gasteiger partial charge in [0.25, 0.3) is 0 Å². The molecule has 0 aliphatic carbocycles. The second kappa shape index (κ2) is 51.3. The number of aliphatic carboxylic acids is 4. The molecule has 0 aromatic heterocycles. The number of unbranched alkanes of at least 4 members (excludes halogenated alkanes) is 2. The van der Waals surface area contributed by atoms with Gasteiger partial charge in [-0.25, -0.2) is 4.79 Å². The molecule has 0 rings (SSSR count). The number of hydrogen-bond acceptors (Lipinski definition) is 25. The number of hydrogen-bond donors (Lipinski definition) is 24. The highest BCUT2D eigenvalue weighted by Gasteiger charge is 2.37. The minimum atomic E-state index is -1.84. The highest BCUT2D eigenvalue weighted by molar-refractivity contribution is 7.98. The van der Waals surface area contributed by atoms with Crippen LogP contribution in [0.25, 0.3) is 0 Å². The third-order valence-corrected chi connectivity index (χ3v) is 16.1. The molecule has 0 aliphatic rings. The van der Waals surface area contributed by atoms with E-state index in [4.69, 9.17) is 28.0 Å². The van der Waals surface area contributed by atoms with Crippen molar-refractivity contribution in [3.05, 3.63) is 0 Å². The summed E-state index contributed by atoms with van der Waals surface area (Å²) in [5, 5.41) is 89.3. The molecule has 106 heavy (non-hydrogen) atoms. The predicted octanol–water partition coefficient (Wildman–Crippen LogP) is -9.59. The average Bonchev–Trinajstić information content (AvgIpc) is 0.862. The first kappa shape index (κ1) is 96.1. The lowest BCUT2D eigenvalue weighted by atomic mass is 10.0. The number of rotatable bonds is 55. The fourth-order valence-corrected chi connectivity index (χ4v) is 9.82. The Kier molecular flexibility index (Phi) is 46.5. The summed E-state index contributed by atoms with van der Waals surface area (Å²) >= 11 is 1.31. The van der Waals surface area contributed by atoms with Gasteiger partial charge in [0.05, 0.1) is 26.2 Å². The second-order valence-corrected chi connectivity index (χ2v) is 26.0. The van der Waals surface area contributed by atoms with E-state index in [9.17, 15) is 117 Å². The normalized spacial score (nSPS) is 15.0. The Balaban J connectivity index is 6.40. The Morgan fingerprint density at radius 2 is 0.689 bits per heavy atom. The number of carbonyl (C=O) groups is 19. The molecule has 0 fully saturated rings. The molecular formula is C62H106N18O25S. The smallest absolute Gasteiger partial charge is 0.326 e. The van der Waals surface area contributed by atoms with Crippen LogP contribution >= 0.6 is 11.8 Å². The maximum Gasteiger partial charge on any atom is 0.326 e. The molecule has 0 heterocycles. The molecule has 0 spiro atoms. The molecule has 14 atom stereocenters. The Hall–Kier alpha value is -9.92. The van der Waals surface area contributed by atoms with E-state index in [-0.39, 0.29) is 51.6 Å². The molecule has 15 amide bonds. The Morgan fingerprint density at radius 1 is 0.358 bits per heavy atom. The summed E-state index contributed by atoms with van der Waals surface area (Å²) in [6.07, 6.45) is -1.91. The molecular weight excluding hydrogens is 1430 g/mol. The standard InChI is InChI=1S/C62H106N18O25S/c1-29(2)24-41(78-61(103)43(28-82)80-52(94)33(6)71-56(98)37(14-17-44(66)83)76-59(101)40(20-23-106-7)75-53(95)34(65)27-81)60(102)77-39(16-19-47(87)88)58(100)70-31(4)50(92)74-38(15-18-46(85)86)57(99)69-30(3)49(91)73-35(12-8-10-21-63)54(96)67-26-45(84)72-36(13-9-11-22-64)55(97)68-32(5)51(93)79-42(62(104)105)25-48(89)90/h29-43,81-82H,8-28,63-65H2,1-7H3,(H2,66,83)(H,67,96)(H,68,97)(H,69,99)(H,70,100)(H,71,98)(H,72,84)(H,73,91)(H,74,92)(H,75,95)(H,76,101)(H,77,102)(H,78,103)(H,79,93)(H,80,94)(H,85,86)(H,87,88)(H,89,90)(H,104,105)/t30-,31-,32-,33-,34-,35-,36-,37-,38-,39-,40-,41-,42-,43-/m0/s1. The third-order valence-electron chi connectivity index (χ3n) is 15.4. The number of thioether (sulfide) groups is 1. The minimum absolute atomic E-state index is 0.0320. The lowest BCUT2D eigenvalue weighted by molar-refractivity contribution is -0.147. The minimum Gasteiger partial charge on any atom is -0.481 e. The molecule has 0 saturated heterocycles. The van der Waals surface area contributed by atoms with Gasteiger partial charge in [0, 0.05) is 19.3 Å². The van der Waals surface area contributed by atoms with Crippen molar-refractivity contribution >= 4 is 124 Å². The van der Waals surface area contributed by atoms with E-state index in [1.165, 1.54) is 18.7 Å². The van der Waals surface area contributed by atoms with Crippen LogP contribution in [0.5, 0.6) is 0 Å². The van der Waals surface area contributed by atoms with Crippen LogP contribution in [-0.4, -0.2) is 273 Å². The summed E-state index contributed by atoms with van der Waals surface area (Å²) in [7, 11) is 0. The van der Waals surface area contributed by atoms with Gasteiger partial charge < -0.3 is 128 Å². The number of nitrogens with two attached hydrogens (primary N) is 4. The number of amides is 15. The monoisotopic (exact) mass is 1530 g/mol. The first-order chi connectivity index (χ1) is 49.7. The molecule has 0 aliphatic heterocycles. The van der Waals surface area contributed by atoms with Crippen LogP contribution < -0.4 is 97.4 Å². The fraction of sp³-hybridized carbons (Fsp3) is 0.694.